The number of H-pyrrole nitrogens is 1. The Labute approximate surface area is 89.4 Å². The minimum atomic E-state index is 0.750. The molecular weight excluding hydrogens is 188 g/mol. The topological polar surface area (TPSA) is 37.0 Å². The SMILES string of the molecule is COCCNCc1cc2ccccc2[nH]1. The molecule has 3 heteroatoms. The fraction of sp³-hybridized carbons (Fsp3) is 0.333. The van der Waals surface area contributed by atoms with Gasteiger partial charge in [-0.2, -0.15) is 0 Å². The van der Waals surface area contributed by atoms with Crippen LogP contribution in [0.5, 0.6) is 0 Å². The standard InChI is InChI=1S/C12H16N2O/c1-15-7-6-13-9-11-8-10-4-2-3-5-12(10)14-11/h2-5,8,13-14H,6-7,9H2,1H3. The molecular formula is C12H16N2O. The van der Waals surface area contributed by atoms with Crippen molar-refractivity contribution in [3.05, 3.63) is 36.0 Å². The van der Waals surface area contributed by atoms with Gasteiger partial charge in [-0.05, 0) is 17.5 Å². The first-order valence-corrected chi connectivity index (χ1v) is 5.16. The number of aromatic nitrogens is 1. The molecule has 1 aromatic carbocycles. The summed E-state index contributed by atoms with van der Waals surface area (Å²) in [4.78, 5) is 3.37. The van der Waals surface area contributed by atoms with Crippen LogP contribution < -0.4 is 5.32 Å². The van der Waals surface area contributed by atoms with Gasteiger partial charge in [-0.1, -0.05) is 18.2 Å². The molecule has 0 bridgehead atoms. The molecule has 2 rings (SSSR count). The van der Waals surface area contributed by atoms with Crippen LogP contribution in [0.2, 0.25) is 0 Å². The molecule has 3 nitrogen and oxygen atoms in total. The van der Waals surface area contributed by atoms with E-state index in [0.717, 1.165) is 19.7 Å². The van der Waals surface area contributed by atoms with Crippen LogP contribution in [-0.4, -0.2) is 25.2 Å². The van der Waals surface area contributed by atoms with Gasteiger partial charge in [0.25, 0.3) is 0 Å². The summed E-state index contributed by atoms with van der Waals surface area (Å²) in [5.74, 6) is 0. The van der Waals surface area contributed by atoms with Crippen molar-refractivity contribution in [1.82, 2.24) is 10.3 Å². The number of nitrogens with one attached hydrogen (secondary N) is 2. The number of ether oxygens (including phenoxy) is 1. The Kier molecular flexibility index (Phi) is 3.37. The zero-order valence-electron chi connectivity index (χ0n) is 8.92. The van der Waals surface area contributed by atoms with Gasteiger partial charge in [0.05, 0.1) is 6.61 Å². The number of fused-ring (bicyclic) bond motifs is 1. The van der Waals surface area contributed by atoms with E-state index in [4.69, 9.17) is 4.74 Å². The molecule has 0 atom stereocenters. The molecule has 0 aliphatic heterocycles. The van der Waals surface area contributed by atoms with E-state index in [2.05, 4.69) is 34.6 Å². The summed E-state index contributed by atoms with van der Waals surface area (Å²) in [6, 6.07) is 10.5. The highest BCUT2D eigenvalue weighted by atomic mass is 16.5. The highest BCUT2D eigenvalue weighted by Crippen LogP contribution is 2.14. The Morgan fingerprint density at radius 2 is 2.20 bits per heavy atom. The van der Waals surface area contributed by atoms with Crippen molar-refractivity contribution >= 4 is 10.9 Å². The molecule has 15 heavy (non-hydrogen) atoms. The second kappa shape index (κ2) is 4.96. The third kappa shape index (κ3) is 2.58. The number of benzene rings is 1. The van der Waals surface area contributed by atoms with E-state index in [-0.39, 0.29) is 0 Å². The first kappa shape index (κ1) is 10.2. The Bertz CT molecular complexity index is 389. The summed E-state index contributed by atoms with van der Waals surface area (Å²) >= 11 is 0. The van der Waals surface area contributed by atoms with Crippen LogP contribution in [0.4, 0.5) is 0 Å². The van der Waals surface area contributed by atoms with Gasteiger partial charge in [0.1, 0.15) is 0 Å². The van der Waals surface area contributed by atoms with Crippen molar-refractivity contribution in [2.75, 3.05) is 20.3 Å². The zero-order chi connectivity index (χ0) is 10.5. The van der Waals surface area contributed by atoms with Gasteiger partial charge in [-0.3, -0.25) is 0 Å². The van der Waals surface area contributed by atoms with Crippen molar-refractivity contribution in [2.45, 2.75) is 6.54 Å². The Balaban J connectivity index is 1.97. The van der Waals surface area contributed by atoms with Crippen LogP contribution in [0.25, 0.3) is 10.9 Å². The molecule has 0 saturated carbocycles. The minimum absolute atomic E-state index is 0.750. The quantitative estimate of drug-likeness (QED) is 0.730. The summed E-state index contributed by atoms with van der Waals surface area (Å²) in [7, 11) is 1.71. The largest absolute Gasteiger partial charge is 0.383 e. The first-order chi connectivity index (χ1) is 7.40. The van der Waals surface area contributed by atoms with Crippen LogP contribution in [-0.2, 0) is 11.3 Å². The highest BCUT2D eigenvalue weighted by Gasteiger charge is 1.98. The second-order valence-electron chi connectivity index (χ2n) is 3.55. The molecule has 0 unspecified atom stereocenters. The molecule has 0 aliphatic carbocycles. The van der Waals surface area contributed by atoms with E-state index in [0.29, 0.717) is 0 Å². The van der Waals surface area contributed by atoms with Crippen molar-refractivity contribution < 1.29 is 4.74 Å². The molecule has 2 aromatic rings. The molecule has 1 heterocycles. The molecule has 0 fully saturated rings. The van der Waals surface area contributed by atoms with E-state index in [1.807, 2.05) is 6.07 Å². The van der Waals surface area contributed by atoms with E-state index < -0.39 is 0 Å². The summed E-state index contributed by atoms with van der Waals surface area (Å²) in [6.45, 7) is 2.49. The van der Waals surface area contributed by atoms with Crippen molar-refractivity contribution in [3.8, 4) is 0 Å². The third-order valence-electron chi connectivity index (χ3n) is 2.38. The maximum atomic E-state index is 4.97. The Hall–Kier alpha value is -1.32. The number of rotatable bonds is 5. The van der Waals surface area contributed by atoms with E-state index in [1.54, 1.807) is 7.11 Å². The Morgan fingerprint density at radius 3 is 3.00 bits per heavy atom. The molecule has 1 aromatic heterocycles. The zero-order valence-corrected chi connectivity index (χ0v) is 8.92. The molecule has 0 aliphatic rings. The van der Waals surface area contributed by atoms with Crippen LogP contribution in [0.3, 0.4) is 0 Å². The molecule has 2 N–H and O–H groups in total. The lowest BCUT2D eigenvalue weighted by atomic mass is 10.2. The number of hydrogen-bond acceptors (Lipinski definition) is 2. The Morgan fingerprint density at radius 1 is 1.33 bits per heavy atom. The van der Waals surface area contributed by atoms with E-state index in [9.17, 15) is 0 Å². The predicted octanol–water partition coefficient (Wildman–Crippen LogP) is 1.90. The smallest absolute Gasteiger partial charge is 0.0587 e. The summed E-state index contributed by atoms with van der Waals surface area (Å²) < 4.78 is 4.97. The fourth-order valence-electron chi connectivity index (χ4n) is 1.63. The maximum Gasteiger partial charge on any atom is 0.0587 e. The van der Waals surface area contributed by atoms with Gasteiger partial charge < -0.3 is 15.0 Å². The molecule has 0 radical (unpaired) electrons. The lowest BCUT2D eigenvalue weighted by molar-refractivity contribution is 0.199. The molecule has 80 valence electrons. The van der Waals surface area contributed by atoms with Crippen LogP contribution in [0, 0.1) is 0 Å². The molecule has 0 saturated heterocycles. The fourth-order valence-corrected chi connectivity index (χ4v) is 1.63. The maximum absolute atomic E-state index is 4.97. The van der Waals surface area contributed by atoms with Crippen molar-refractivity contribution in [3.63, 3.8) is 0 Å². The number of aromatic amines is 1. The highest BCUT2D eigenvalue weighted by molar-refractivity contribution is 5.80. The number of methoxy groups -OCH3 is 1. The number of para-hydroxylation sites is 1. The monoisotopic (exact) mass is 204 g/mol. The van der Waals surface area contributed by atoms with Gasteiger partial charge >= 0.3 is 0 Å². The normalized spacial score (nSPS) is 11.0. The molecule has 0 spiro atoms. The van der Waals surface area contributed by atoms with Gasteiger partial charge in [0, 0.05) is 31.4 Å². The average Bonchev–Trinajstić information content (AvgIpc) is 2.67. The summed E-state index contributed by atoms with van der Waals surface area (Å²) in [5, 5.41) is 4.57. The van der Waals surface area contributed by atoms with Crippen LogP contribution in [0.1, 0.15) is 5.69 Å². The van der Waals surface area contributed by atoms with Gasteiger partial charge in [0.2, 0.25) is 0 Å². The average molecular weight is 204 g/mol. The van der Waals surface area contributed by atoms with E-state index in [1.165, 1.54) is 16.6 Å². The van der Waals surface area contributed by atoms with E-state index >= 15 is 0 Å². The van der Waals surface area contributed by atoms with Crippen LogP contribution in [0.15, 0.2) is 30.3 Å². The number of hydrogen-bond donors (Lipinski definition) is 2. The summed E-state index contributed by atoms with van der Waals surface area (Å²) in [5.41, 5.74) is 2.41. The first-order valence-electron chi connectivity index (χ1n) is 5.16. The lowest BCUT2D eigenvalue weighted by Gasteiger charge is -2.01. The van der Waals surface area contributed by atoms with Crippen molar-refractivity contribution in [2.24, 2.45) is 0 Å². The third-order valence-corrected chi connectivity index (χ3v) is 2.38. The van der Waals surface area contributed by atoms with Gasteiger partial charge in [-0.25, -0.2) is 0 Å². The summed E-state index contributed by atoms with van der Waals surface area (Å²) in [6.07, 6.45) is 0. The predicted molar refractivity (Wildman–Crippen MR) is 61.9 cm³/mol. The van der Waals surface area contributed by atoms with Gasteiger partial charge in [-0.15, -0.1) is 0 Å². The lowest BCUT2D eigenvalue weighted by Crippen LogP contribution is -2.18. The second-order valence-corrected chi connectivity index (χ2v) is 3.55. The van der Waals surface area contributed by atoms with Gasteiger partial charge in [0.15, 0.2) is 0 Å². The minimum Gasteiger partial charge on any atom is -0.383 e. The molecule has 0 amide bonds. The van der Waals surface area contributed by atoms with Crippen LogP contribution >= 0.6 is 0 Å². The van der Waals surface area contributed by atoms with Crippen molar-refractivity contribution in [1.29, 1.82) is 0 Å².